The van der Waals surface area contributed by atoms with E-state index in [9.17, 15) is 0 Å². The second-order valence-electron chi connectivity index (χ2n) is 5.16. The Balaban J connectivity index is 1.81. The Morgan fingerprint density at radius 2 is 2.24 bits per heavy atom. The average Bonchev–Trinajstić information content (AvgIpc) is 2.74. The minimum atomic E-state index is 0.770. The molecular formula is C15H22BrN. The van der Waals surface area contributed by atoms with Gasteiger partial charge in [-0.15, -0.1) is 0 Å². The molecule has 0 heterocycles. The van der Waals surface area contributed by atoms with Gasteiger partial charge < -0.3 is 5.32 Å². The molecule has 0 amide bonds. The van der Waals surface area contributed by atoms with Crippen molar-refractivity contribution < 1.29 is 0 Å². The van der Waals surface area contributed by atoms with Crippen molar-refractivity contribution in [3.05, 3.63) is 34.3 Å². The highest BCUT2D eigenvalue weighted by Crippen LogP contribution is 2.29. The van der Waals surface area contributed by atoms with Crippen molar-refractivity contribution in [2.45, 2.75) is 45.1 Å². The molecule has 1 aliphatic carbocycles. The van der Waals surface area contributed by atoms with Gasteiger partial charge in [0.2, 0.25) is 0 Å². The maximum absolute atomic E-state index is 3.65. The van der Waals surface area contributed by atoms with E-state index in [-0.39, 0.29) is 0 Å². The van der Waals surface area contributed by atoms with Gasteiger partial charge >= 0.3 is 0 Å². The van der Waals surface area contributed by atoms with Crippen molar-refractivity contribution in [2.75, 3.05) is 6.54 Å². The highest BCUT2D eigenvalue weighted by molar-refractivity contribution is 9.10. The van der Waals surface area contributed by atoms with Crippen LogP contribution in [0.4, 0.5) is 0 Å². The van der Waals surface area contributed by atoms with Gasteiger partial charge in [0.25, 0.3) is 0 Å². The van der Waals surface area contributed by atoms with Crippen LogP contribution in [0.2, 0.25) is 0 Å². The second kappa shape index (κ2) is 6.55. The minimum absolute atomic E-state index is 0.770. The van der Waals surface area contributed by atoms with E-state index in [4.69, 9.17) is 0 Å². The van der Waals surface area contributed by atoms with Crippen molar-refractivity contribution >= 4 is 15.9 Å². The van der Waals surface area contributed by atoms with E-state index < -0.39 is 0 Å². The molecule has 1 aromatic rings. The molecule has 0 aliphatic heterocycles. The molecule has 1 aliphatic rings. The summed E-state index contributed by atoms with van der Waals surface area (Å²) in [4.78, 5) is 0. The van der Waals surface area contributed by atoms with E-state index in [1.54, 1.807) is 0 Å². The maximum atomic E-state index is 3.65. The lowest BCUT2D eigenvalue weighted by atomic mass is 9.98. The van der Waals surface area contributed by atoms with E-state index in [1.807, 2.05) is 0 Å². The number of rotatable bonds is 5. The summed E-state index contributed by atoms with van der Waals surface area (Å²) in [7, 11) is 0. The molecule has 0 aromatic heterocycles. The molecule has 0 spiro atoms. The predicted octanol–water partition coefficient (Wildman–Crippen LogP) is 4.16. The predicted molar refractivity (Wildman–Crippen MR) is 77.3 cm³/mol. The van der Waals surface area contributed by atoms with Crippen LogP contribution in [0.5, 0.6) is 0 Å². The maximum Gasteiger partial charge on any atom is 0.0177 e. The average molecular weight is 296 g/mol. The van der Waals surface area contributed by atoms with Gasteiger partial charge in [0.1, 0.15) is 0 Å². The first kappa shape index (κ1) is 13.1. The smallest absolute Gasteiger partial charge is 0.0177 e. The van der Waals surface area contributed by atoms with Gasteiger partial charge in [-0.05, 0) is 62.3 Å². The molecule has 0 saturated heterocycles. The van der Waals surface area contributed by atoms with Crippen LogP contribution >= 0.6 is 15.9 Å². The van der Waals surface area contributed by atoms with Crippen molar-refractivity contribution in [3.63, 3.8) is 0 Å². The molecule has 2 unspecified atom stereocenters. The quantitative estimate of drug-likeness (QED) is 0.860. The first-order chi connectivity index (χ1) is 8.28. The first-order valence-electron chi connectivity index (χ1n) is 6.75. The third-order valence-electron chi connectivity index (χ3n) is 3.64. The van der Waals surface area contributed by atoms with Crippen molar-refractivity contribution in [3.8, 4) is 0 Å². The van der Waals surface area contributed by atoms with Crippen LogP contribution in [0.3, 0.4) is 0 Å². The van der Waals surface area contributed by atoms with Crippen LogP contribution < -0.4 is 5.32 Å². The van der Waals surface area contributed by atoms with E-state index in [2.05, 4.69) is 52.4 Å². The molecule has 94 valence electrons. The molecule has 0 radical (unpaired) electrons. The van der Waals surface area contributed by atoms with Crippen LogP contribution in [-0.2, 0) is 6.42 Å². The largest absolute Gasteiger partial charge is 0.314 e. The van der Waals surface area contributed by atoms with E-state index in [0.717, 1.165) is 12.0 Å². The Morgan fingerprint density at radius 1 is 1.35 bits per heavy atom. The topological polar surface area (TPSA) is 12.0 Å². The SMILES string of the molecule is CCCNC1CCC(Cc2cccc(Br)c2)C1. The van der Waals surface area contributed by atoms with Crippen molar-refractivity contribution in [1.29, 1.82) is 0 Å². The normalized spacial score (nSPS) is 24.1. The fraction of sp³-hybridized carbons (Fsp3) is 0.600. The zero-order chi connectivity index (χ0) is 12.1. The van der Waals surface area contributed by atoms with E-state index in [1.165, 1.54) is 48.7 Å². The van der Waals surface area contributed by atoms with Gasteiger partial charge in [-0.25, -0.2) is 0 Å². The highest BCUT2D eigenvalue weighted by atomic mass is 79.9. The summed E-state index contributed by atoms with van der Waals surface area (Å²) in [5.74, 6) is 0.874. The summed E-state index contributed by atoms with van der Waals surface area (Å²) in [6.07, 6.45) is 6.58. The summed E-state index contributed by atoms with van der Waals surface area (Å²) in [6.45, 7) is 3.41. The molecule has 17 heavy (non-hydrogen) atoms. The second-order valence-corrected chi connectivity index (χ2v) is 6.08. The number of hydrogen-bond donors (Lipinski definition) is 1. The summed E-state index contributed by atoms with van der Waals surface area (Å²) >= 11 is 3.55. The lowest BCUT2D eigenvalue weighted by Crippen LogP contribution is -2.27. The lowest BCUT2D eigenvalue weighted by Gasteiger charge is -2.13. The van der Waals surface area contributed by atoms with Gasteiger partial charge in [0, 0.05) is 10.5 Å². The fourth-order valence-electron chi connectivity index (χ4n) is 2.79. The third kappa shape index (κ3) is 4.11. The first-order valence-corrected chi connectivity index (χ1v) is 7.55. The van der Waals surface area contributed by atoms with E-state index in [0.29, 0.717) is 0 Å². The van der Waals surface area contributed by atoms with E-state index >= 15 is 0 Å². The van der Waals surface area contributed by atoms with Gasteiger partial charge in [0.15, 0.2) is 0 Å². The van der Waals surface area contributed by atoms with Crippen LogP contribution in [-0.4, -0.2) is 12.6 Å². The number of hydrogen-bond acceptors (Lipinski definition) is 1. The molecule has 2 rings (SSSR count). The number of benzene rings is 1. The summed E-state index contributed by atoms with van der Waals surface area (Å²) < 4.78 is 1.20. The standard InChI is InChI=1S/C15H22BrN/c1-2-8-17-15-7-6-13(11-15)9-12-4-3-5-14(16)10-12/h3-5,10,13,15,17H,2,6-9,11H2,1H3. The molecule has 1 aromatic carbocycles. The molecule has 2 atom stereocenters. The van der Waals surface area contributed by atoms with Crippen LogP contribution in [0.25, 0.3) is 0 Å². The Bertz CT molecular complexity index is 351. The Hall–Kier alpha value is -0.340. The third-order valence-corrected chi connectivity index (χ3v) is 4.13. The van der Waals surface area contributed by atoms with Gasteiger partial charge in [-0.1, -0.05) is 35.0 Å². The Morgan fingerprint density at radius 3 is 3.00 bits per heavy atom. The van der Waals surface area contributed by atoms with Crippen LogP contribution in [0.1, 0.15) is 38.2 Å². The van der Waals surface area contributed by atoms with Gasteiger partial charge in [-0.3, -0.25) is 0 Å². The van der Waals surface area contributed by atoms with Crippen LogP contribution in [0.15, 0.2) is 28.7 Å². The zero-order valence-electron chi connectivity index (χ0n) is 10.6. The molecule has 1 saturated carbocycles. The molecule has 1 nitrogen and oxygen atoms in total. The molecular weight excluding hydrogens is 274 g/mol. The zero-order valence-corrected chi connectivity index (χ0v) is 12.2. The minimum Gasteiger partial charge on any atom is -0.314 e. The highest BCUT2D eigenvalue weighted by Gasteiger charge is 2.23. The summed E-state index contributed by atoms with van der Waals surface area (Å²) in [6, 6.07) is 9.52. The van der Waals surface area contributed by atoms with Gasteiger partial charge in [0.05, 0.1) is 0 Å². The number of nitrogens with one attached hydrogen (secondary N) is 1. The molecule has 0 bridgehead atoms. The van der Waals surface area contributed by atoms with Gasteiger partial charge in [-0.2, -0.15) is 0 Å². The van der Waals surface area contributed by atoms with Crippen molar-refractivity contribution in [2.24, 2.45) is 5.92 Å². The Kier molecular flexibility index (Phi) is 5.05. The molecule has 2 heteroatoms. The fourth-order valence-corrected chi connectivity index (χ4v) is 3.24. The Labute approximate surface area is 113 Å². The van der Waals surface area contributed by atoms with Crippen molar-refractivity contribution in [1.82, 2.24) is 5.32 Å². The molecule has 1 N–H and O–H groups in total. The lowest BCUT2D eigenvalue weighted by molar-refractivity contribution is 0.484. The summed E-state index contributed by atoms with van der Waals surface area (Å²) in [5, 5.41) is 3.65. The molecule has 1 fully saturated rings. The summed E-state index contributed by atoms with van der Waals surface area (Å²) in [5.41, 5.74) is 1.47. The van der Waals surface area contributed by atoms with Crippen LogP contribution in [0, 0.1) is 5.92 Å². The number of halogens is 1. The monoisotopic (exact) mass is 295 g/mol.